The van der Waals surface area contributed by atoms with Crippen molar-refractivity contribution in [2.45, 2.75) is 39.8 Å². The third-order valence-corrected chi connectivity index (χ3v) is 4.58. The molecule has 7 heteroatoms. The third kappa shape index (κ3) is 3.37. The molecule has 1 heterocycles. The minimum atomic E-state index is -4.54. The van der Waals surface area contributed by atoms with Crippen molar-refractivity contribution < 1.29 is 27.2 Å². The first-order valence-corrected chi connectivity index (χ1v) is 7.33. The van der Waals surface area contributed by atoms with Gasteiger partial charge in [0.15, 0.2) is 0 Å². The Balaban J connectivity index is 2.79. The Labute approximate surface area is 106 Å². The summed E-state index contributed by atoms with van der Waals surface area (Å²) in [6.45, 7) is 6.40. The smallest absolute Gasteiger partial charge is 0.304 e. The summed E-state index contributed by atoms with van der Waals surface area (Å²) in [5, 5.41) is 0. The van der Waals surface area contributed by atoms with Gasteiger partial charge in [-0.05, 0) is 0 Å². The van der Waals surface area contributed by atoms with Gasteiger partial charge in [0.2, 0.25) is 0 Å². The van der Waals surface area contributed by atoms with Gasteiger partial charge in [-0.3, -0.25) is 9.36 Å². The lowest BCUT2D eigenvalue weighted by Gasteiger charge is -2.36. The van der Waals surface area contributed by atoms with Crippen molar-refractivity contribution in [2.24, 2.45) is 11.3 Å². The van der Waals surface area contributed by atoms with Crippen LogP contribution < -0.4 is 0 Å². The molecule has 0 aliphatic carbocycles. The molecule has 18 heavy (non-hydrogen) atoms. The number of halogens is 2. The lowest BCUT2D eigenvalue weighted by molar-refractivity contribution is -0.127. The minimum Gasteiger partial charge on any atom is -0.304 e. The summed E-state index contributed by atoms with van der Waals surface area (Å²) in [6.07, 6.45) is -1.11. The van der Waals surface area contributed by atoms with E-state index in [0.717, 1.165) is 0 Å². The molecule has 0 unspecified atom stereocenters. The fourth-order valence-corrected chi connectivity index (χ4v) is 3.14. The van der Waals surface area contributed by atoms with Crippen LogP contribution in [0.1, 0.15) is 34.1 Å². The standard InChI is InChI=1S/C11H19F2O4P/c1-8(2)9(14)5-11(12,13)18(15)16-6-10(3,4)7-17-18/h8H,5-7H2,1-4H3. The first-order chi connectivity index (χ1) is 7.99. The van der Waals surface area contributed by atoms with E-state index in [1.165, 1.54) is 13.8 Å². The molecule has 106 valence electrons. The number of rotatable bonds is 4. The maximum absolute atomic E-state index is 13.8. The van der Waals surface area contributed by atoms with Crippen LogP contribution in [0.2, 0.25) is 0 Å². The normalized spacial score (nSPS) is 23.1. The number of hydrogen-bond acceptors (Lipinski definition) is 4. The van der Waals surface area contributed by atoms with Gasteiger partial charge in [0, 0.05) is 11.3 Å². The molecule has 1 fully saturated rings. The van der Waals surface area contributed by atoms with Crippen molar-refractivity contribution >= 4 is 13.4 Å². The summed E-state index contributed by atoms with van der Waals surface area (Å²) < 4.78 is 49.1. The van der Waals surface area contributed by atoms with Crippen molar-refractivity contribution in [2.75, 3.05) is 13.2 Å². The molecule has 0 amide bonds. The summed E-state index contributed by atoms with van der Waals surface area (Å²) in [6, 6.07) is 0. The van der Waals surface area contributed by atoms with Gasteiger partial charge < -0.3 is 9.05 Å². The molecular weight excluding hydrogens is 265 g/mol. The van der Waals surface area contributed by atoms with Crippen LogP contribution in [-0.4, -0.2) is 24.7 Å². The molecule has 0 bridgehead atoms. The highest BCUT2D eigenvalue weighted by Gasteiger charge is 2.57. The van der Waals surface area contributed by atoms with E-state index < -0.39 is 36.8 Å². The summed E-state index contributed by atoms with van der Waals surface area (Å²) in [5.74, 6) is -1.20. The summed E-state index contributed by atoms with van der Waals surface area (Å²) in [4.78, 5) is 11.4. The number of alkyl halides is 2. The Morgan fingerprint density at radius 3 is 2.17 bits per heavy atom. The van der Waals surface area contributed by atoms with Gasteiger partial charge in [0.25, 0.3) is 0 Å². The van der Waals surface area contributed by atoms with Crippen LogP contribution in [0, 0.1) is 11.3 Å². The summed E-state index contributed by atoms with van der Waals surface area (Å²) in [5.41, 5.74) is -4.21. The predicted octanol–water partition coefficient (Wildman–Crippen LogP) is 3.46. The van der Waals surface area contributed by atoms with Gasteiger partial charge in [-0.2, -0.15) is 8.78 Å². The van der Waals surface area contributed by atoms with Crippen LogP contribution in [0.5, 0.6) is 0 Å². The maximum Gasteiger partial charge on any atom is 0.400 e. The van der Waals surface area contributed by atoms with Crippen LogP contribution >= 0.6 is 7.60 Å². The number of carbonyl (C=O) groups excluding carboxylic acids is 1. The van der Waals surface area contributed by atoms with E-state index in [-0.39, 0.29) is 13.2 Å². The van der Waals surface area contributed by atoms with Crippen molar-refractivity contribution in [3.8, 4) is 0 Å². The fraction of sp³-hybridized carbons (Fsp3) is 0.909. The van der Waals surface area contributed by atoms with Gasteiger partial charge in [-0.1, -0.05) is 27.7 Å². The van der Waals surface area contributed by atoms with Gasteiger partial charge in [0.05, 0.1) is 19.6 Å². The molecule has 4 nitrogen and oxygen atoms in total. The quantitative estimate of drug-likeness (QED) is 0.742. The van der Waals surface area contributed by atoms with E-state index in [1.807, 2.05) is 0 Å². The Hall–Kier alpha value is -0.320. The average molecular weight is 284 g/mol. The van der Waals surface area contributed by atoms with E-state index in [9.17, 15) is 18.1 Å². The monoisotopic (exact) mass is 284 g/mol. The molecule has 0 aromatic rings. The van der Waals surface area contributed by atoms with Crippen LogP contribution in [0.3, 0.4) is 0 Å². The molecule has 1 aliphatic heterocycles. The molecule has 0 aromatic carbocycles. The fourth-order valence-electron chi connectivity index (χ4n) is 1.30. The number of carbonyl (C=O) groups is 1. The molecule has 0 spiro atoms. The van der Waals surface area contributed by atoms with E-state index >= 15 is 0 Å². The van der Waals surface area contributed by atoms with Crippen LogP contribution in [0.15, 0.2) is 0 Å². The van der Waals surface area contributed by atoms with E-state index in [1.54, 1.807) is 13.8 Å². The maximum atomic E-state index is 13.8. The molecule has 1 rings (SSSR count). The van der Waals surface area contributed by atoms with Gasteiger partial charge in [-0.25, -0.2) is 0 Å². The molecular formula is C11H19F2O4P. The topological polar surface area (TPSA) is 52.6 Å². The van der Waals surface area contributed by atoms with Crippen molar-refractivity contribution in [1.29, 1.82) is 0 Å². The van der Waals surface area contributed by atoms with Gasteiger partial charge in [0.1, 0.15) is 5.78 Å². The van der Waals surface area contributed by atoms with Crippen molar-refractivity contribution in [3.05, 3.63) is 0 Å². The third-order valence-electron chi connectivity index (χ3n) is 2.68. The second-order valence-corrected chi connectivity index (χ2v) is 7.84. The Bertz CT molecular complexity index is 365. The summed E-state index contributed by atoms with van der Waals surface area (Å²) >= 11 is 0. The first-order valence-electron chi connectivity index (χ1n) is 5.79. The highest BCUT2D eigenvalue weighted by atomic mass is 31.2. The minimum absolute atomic E-state index is 0.0737. The second-order valence-electron chi connectivity index (χ2n) is 5.67. The molecule has 0 aromatic heterocycles. The van der Waals surface area contributed by atoms with Gasteiger partial charge in [-0.15, -0.1) is 0 Å². The Morgan fingerprint density at radius 1 is 1.33 bits per heavy atom. The largest absolute Gasteiger partial charge is 0.400 e. The molecule has 0 saturated carbocycles. The highest BCUT2D eigenvalue weighted by Crippen LogP contribution is 2.66. The van der Waals surface area contributed by atoms with E-state index in [0.29, 0.717) is 0 Å². The van der Waals surface area contributed by atoms with Crippen molar-refractivity contribution in [1.82, 2.24) is 0 Å². The average Bonchev–Trinajstić information content (AvgIpc) is 2.22. The SMILES string of the molecule is CC(C)C(=O)CC(F)(F)P1(=O)OCC(C)(C)CO1. The molecule has 0 N–H and O–H groups in total. The Morgan fingerprint density at radius 2 is 1.78 bits per heavy atom. The zero-order valence-electron chi connectivity index (χ0n) is 11.0. The Kier molecular flexibility index (Phi) is 4.36. The molecule has 1 aliphatic rings. The van der Waals surface area contributed by atoms with Gasteiger partial charge >= 0.3 is 13.3 Å². The lowest BCUT2D eigenvalue weighted by atomic mass is 9.97. The second kappa shape index (κ2) is 4.99. The number of ketones is 1. The highest BCUT2D eigenvalue weighted by molar-refractivity contribution is 7.55. The van der Waals surface area contributed by atoms with Crippen LogP contribution in [0.25, 0.3) is 0 Å². The zero-order chi connectivity index (χ0) is 14.2. The predicted molar refractivity (Wildman–Crippen MR) is 62.7 cm³/mol. The molecule has 1 saturated heterocycles. The zero-order valence-corrected chi connectivity index (χ0v) is 11.9. The number of hydrogen-bond donors (Lipinski definition) is 0. The van der Waals surface area contributed by atoms with E-state index in [2.05, 4.69) is 0 Å². The van der Waals surface area contributed by atoms with Crippen LogP contribution in [0.4, 0.5) is 8.78 Å². The lowest BCUT2D eigenvalue weighted by Crippen LogP contribution is -2.35. The van der Waals surface area contributed by atoms with Crippen molar-refractivity contribution in [3.63, 3.8) is 0 Å². The summed E-state index contributed by atoms with van der Waals surface area (Å²) in [7, 11) is -4.54. The number of Topliss-reactive ketones (excluding diaryl/α,β-unsaturated/α-hetero) is 1. The van der Waals surface area contributed by atoms with E-state index in [4.69, 9.17) is 9.05 Å². The first kappa shape index (κ1) is 15.7. The van der Waals surface area contributed by atoms with Crippen LogP contribution in [-0.2, 0) is 18.4 Å². The molecule has 0 atom stereocenters. The molecule has 0 radical (unpaired) electrons.